The van der Waals surface area contributed by atoms with Crippen LogP contribution in [-0.2, 0) is 6.42 Å². The molecule has 1 fully saturated rings. The van der Waals surface area contributed by atoms with Crippen molar-refractivity contribution in [2.45, 2.75) is 38.6 Å². The van der Waals surface area contributed by atoms with E-state index in [1.54, 1.807) is 12.3 Å². The van der Waals surface area contributed by atoms with Crippen LogP contribution in [0.4, 0.5) is 0 Å². The molecule has 1 aromatic carbocycles. The number of nitrogens with zero attached hydrogens (tertiary/aromatic N) is 3. The molecule has 144 valence electrons. The quantitative estimate of drug-likeness (QED) is 0.624. The van der Waals surface area contributed by atoms with Crippen molar-refractivity contribution in [1.29, 1.82) is 0 Å². The van der Waals surface area contributed by atoms with Crippen LogP contribution in [0.3, 0.4) is 0 Å². The molecule has 1 aliphatic rings. The van der Waals surface area contributed by atoms with E-state index in [9.17, 15) is 4.79 Å². The summed E-state index contributed by atoms with van der Waals surface area (Å²) in [5, 5.41) is 0.711. The standard InChI is InChI=1S/C22H22ClN3O2/c1-15-5-4-6-19(25-15)22(27)26-12-3-2-7-20(26)21-24-14-18(28-21)13-16-8-10-17(23)11-9-16/h4-6,8-11,14,20H,2-3,7,12-13H2,1H3/t20-/m0/s1. The minimum Gasteiger partial charge on any atom is -0.443 e. The van der Waals surface area contributed by atoms with Crippen LogP contribution in [0, 0.1) is 6.92 Å². The van der Waals surface area contributed by atoms with Gasteiger partial charge < -0.3 is 9.32 Å². The van der Waals surface area contributed by atoms with Crippen LogP contribution < -0.4 is 0 Å². The van der Waals surface area contributed by atoms with Crippen LogP contribution >= 0.6 is 11.6 Å². The molecular formula is C22H22ClN3O2. The predicted octanol–water partition coefficient (Wildman–Crippen LogP) is 4.99. The molecule has 1 atom stereocenters. The molecule has 5 nitrogen and oxygen atoms in total. The number of halogens is 1. The molecule has 4 rings (SSSR count). The number of aromatic nitrogens is 2. The second-order valence-electron chi connectivity index (χ2n) is 7.14. The van der Waals surface area contributed by atoms with Gasteiger partial charge in [-0.3, -0.25) is 4.79 Å². The fourth-order valence-electron chi connectivity index (χ4n) is 3.60. The molecule has 0 bridgehead atoms. The van der Waals surface area contributed by atoms with Crippen LogP contribution in [0.2, 0.25) is 5.02 Å². The number of carbonyl (C=O) groups excluding carboxylic acids is 1. The molecule has 0 N–H and O–H groups in total. The van der Waals surface area contributed by atoms with Gasteiger partial charge in [0.05, 0.1) is 6.20 Å². The highest BCUT2D eigenvalue weighted by Gasteiger charge is 2.32. The summed E-state index contributed by atoms with van der Waals surface area (Å²) in [5.74, 6) is 1.32. The second-order valence-corrected chi connectivity index (χ2v) is 7.58. The minimum atomic E-state index is -0.150. The Kier molecular flexibility index (Phi) is 5.44. The number of amides is 1. The summed E-state index contributed by atoms with van der Waals surface area (Å²) >= 11 is 5.95. The maximum Gasteiger partial charge on any atom is 0.273 e. The Bertz CT molecular complexity index is 968. The zero-order valence-electron chi connectivity index (χ0n) is 15.8. The second kappa shape index (κ2) is 8.15. The Balaban J connectivity index is 1.54. The van der Waals surface area contributed by atoms with Crippen LogP contribution in [-0.4, -0.2) is 27.3 Å². The SMILES string of the molecule is Cc1cccc(C(=O)N2CCCC[C@H]2c2ncc(Cc3ccc(Cl)cc3)o2)n1. The first-order valence-corrected chi connectivity index (χ1v) is 9.91. The average Bonchev–Trinajstić information content (AvgIpc) is 3.17. The summed E-state index contributed by atoms with van der Waals surface area (Å²) < 4.78 is 6.04. The number of hydrogen-bond donors (Lipinski definition) is 0. The smallest absolute Gasteiger partial charge is 0.273 e. The zero-order valence-corrected chi connectivity index (χ0v) is 16.5. The van der Waals surface area contributed by atoms with E-state index in [1.165, 1.54) is 0 Å². The third-order valence-corrected chi connectivity index (χ3v) is 5.27. The topological polar surface area (TPSA) is 59.2 Å². The van der Waals surface area contributed by atoms with E-state index in [1.807, 2.05) is 48.2 Å². The van der Waals surface area contributed by atoms with E-state index in [2.05, 4.69) is 9.97 Å². The Morgan fingerprint density at radius 2 is 2.04 bits per heavy atom. The van der Waals surface area contributed by atoms with Gasteiger partial charge in [-0.05, 0) is 56.0 Å². The molecule has 28 heavy (non-hydrogen) atoms. The van der Waals surface area contributed by atoms with Crippen molar-refractivity contribution in [3.63, 3.8) is 0 Å². The van der Waals surface area contributed by atoms with Crippen molar-refractivity contribution in [1.82, 2.24) is 14.9 Å². The van der Waals surface area contributed by atoms with Gasteiger partial charge in [-0.1, -0.05) is 29.8 Å². The molecule has 6 heteroatoms. The number of pyridine rings is 1. The lowest BCUT2D eigenvalue weighted by Gasteiger charge is -2.33. The molecule has 0 spiro atoms. The molecule has 1 aliphatic heterocycles. The summed E-state index contributed by atoms with van der Waals surface area (Å²) in [6, 6.07) is 13.1. The zero-order chi connectivity index (χ0) is 19.5. The Hall–Kier alpha value is -2.66. The predicted molar refractivity (Wildman–Crippen MR) is 107 cm³/mol. The number of rotatable bonds is 4. The monoisotopic (exact) mass is 395 g/mol. The summed E-state index contributed by atoms with van der Waals surface area (Å²) in [6.07, 6.45) is 5.27. The molecule has 3 heterocycles. The van der Waals surface area contributed by atoms with Crippen molar-refractivity contribution in [2.24, 2.45) is 0 Å². The first kappa shape index (κ1) is 18.7. The van der Waals surface area contributed by atoms with Gasteiger partial charge >= 0.3 is 0 Å². The van der Waals surface area contributed by atoms with E-state index in [4.69, 9.17) is 16.0 Å². The largest absolute Gasteiger partial charge is 0.443 e. The lowest BCUT2D eigenvalue weighted by atomic mass is 10.0. The lowest BCUT2D eigenvalue weighted by molar-refractivity contribution is 0.0563. The van der Waals surface area contributed by atoms with Gasteiger partial charge in [-0.15, -0.1) is 0 Å². The number of aryl methyl sites for hydroxylation is 1. The van der Waals surface area contributed by atoms with Gasteiger partial charge in [-0.25, -0.2) is 9.97 Å². The summed E-state index contributed by atoms with van der Waals surface area (Å²) in [7, 11) is 0. The molecule has 1 amide bonds. The highest BCUT2D eigenvalue weighted by atomic mass is 35.5. The van der Waals surface area contributed by atoms with Gasteiger partial charge in [0.25, 0.3) is 5.91 Å². The van der Waals surface area contributed by atoms with E-state index in [-0.39, 0.29) is 11.9 Å². The van der Waals surface area contributed by atoms with Crippen molar-refractivity contribution in [3.8, 4) is 0 Å². The minimum absolute atomic E-state index is 0.0640. The van der Waals surface area contributed by atoms with Crippen molar-refractivity contribution >= 4 is 17.5 Å². The molecule has 1 saturated heterocycles. The van der Waals surface area contributed by atoms with Crippen LogP contribution in [0.15, 0.2) is 53.1 Å². The Morgan fingerprint density at radius 3 is 2.82 bits per heavy atom. The van der Waals surface area contributed by atoms with Gasteiger partial charge in [0, 0.05) is 23.7 Å². The van der Waals surface area contributed by atoms with Crippen LogP contribution in [0.5, 0.6) is 0 Å². The molecule has 0 radical (unpaired) electrons. The normalized spacial score (nSPS) is 16.9. The fourth-order valence-corrected chi connectivity index (χ4v) is 3.73. The van der Waals surface area contributed by atoms with E-state index >= 15 is 0 Å². The van der Waals surface area contributed by atoms with E-state index in [0.29, 0.717) is 29.6 Å². The molecule has 0 saturated carbocycles. The summed E-state index contributed by atoms with van der Waals surface area (Å²) in [6.45, 7) is 2.58. The first-order valence-electron chi connectivity index (χ1n) is 9.54. The van der Waals surface area contributed by atoms with Crippen LogP contribution in [0.25, 0.3) is 0 Å². The molecule has 0 aliphatic carbocycles. The Labute approximate surface area is 169 Å². The van der Waals surface area contributed by atoms with Gasteiger partial charge in [0.2, 0.25) is 5.89 Å². The lowest BCUT2D eigenvalue weighted by Crippen LogP contribution is -2.39. The maximum atomic E-state index is 13.0. The Morgan fingerprint density at radius 1 is 1.21 bits per heavy atom. The van der Waals surface area contributed by atoms with Gasteiger partial charge in [0.15, 0.2) is 0 Å². The van der Waals surface area contributed by atoms with Crippen molar-refractivity contribution in [3.05, 3.63) is 82.3 Å². The van der Waals surface area contributed by atoms with E-state index < -0.39 is 0 Å². The number of likely N-dealkylation sites (tertiary alicyclic amines) is 1. The maximum absolute atomic E-state index is 13.0. The summed E-state index contributed by atoms with van der Waals surface area (Å²) in [5.41, 5.74) is 2.41. The molecule has 2 aromatic heterocycles. The van der Waals surface area contributed by atoms with E-state index in [0.717, 1.165) is 36.3 Å². The highest BCUT2D eigenvalue weighted by Crippen LogP contribution is 2.32. The number of benzene rings is 1. The summed E-state index contributed by atoms with van der Waals surface area (Å²) in [4.78, 5) is 23.8. The molecule has 3 aromatic rings. The van der Waals surface area contributed by atoms with Gasteiger partial charge in [-0.2, -0.15) is 0 Å². The number of carbonyl (C=O) groups is 1. The van der Waals surface area contributed by atoms with Crippen molar-refractivity contribution < 1.29 is 9.21 Å². The highest BCUT2D eigenvalue weighted by molar-refractivity contribution is 6.30. The van der Waals surface area contributed by atoms with Crippen molar-refractivity contribution in [2.75, 3.05) is 6.54 Å². The first-order chi connectivity index (χ1) is 13.6. The average molecular weight is 396 g/mol. The van der Waals surface area contributed by atoms with Gasteiger partial charge in [0.1, 0.15) is 17.5 Å². The third-order valence-electron chi connectivity index (χ3n) is 5.02. The fraction of sp³-hybridized carbons (Fsp3) is 0.318. The third kappa shape index (κ3) is 4.09. The number of oxazole rings is 1. The number of piperidine rings is 1. The number of hydrogen-bond acceptors (Lipinski definition) is 4. The molecule has 0 unspecified atom stereocenters. The molecular weight excluding hydrogens is 374 g/mol. The van der Waals surface area contributed by atoms with Crippen LogP contribution in [0.1, 0.15) is 58.7 Å².